The summed E-state index contributed by atoms with van der Waals surface area (Å²) in [5.41, 5.74) is 2.56. The minimum Gasteiger partial charge on any atom is -0.374 e. The standard InChI is InChI=1S/C15H25NO/c1-12(2)9-13(3)17-11-15-7-5-14(6-8-15)10-16-4/h5-8,12-13,16H,9-11H2,1-4H3. The summed E-state index contributed by atoms with van der Waals surface area (Å²) in [7, 11) is 1.96. The third kappa shape index (κ3) is 5.85. The lowest BCUT2D eigenvalue weighted by atomic mass is 10.1. The topological polar surface area (TPSA) is 21.3 Å². The summed E-state index contributed by atoms with van der Waals surface area (Å²) < 4.78 is 5.82. The lowest BCUT2D eigenvalue weighted by Gasteiger charge is -2.15. The minimum absolute atomic E-state index is 0.340. The van der Waals surface area contributed by atoms with Crippen molar-refractivity contribution in [2.45, 2.75) is 46.4 Å². The van der Waals surface area contributed by atoms with Gasteiger partial charge in [-0.2, -0.15) is 0 Å². The Morgan fingerprint density at radius 1 is 1.06 bits per heavy atom. The van der Waals surface area contributed by atoms with E-state index in [1.807, 2.05) is 7.05 Å². The second-order valence-corrected chi connectivity index (χ2v) is 5.10. The van der Waals surface area contributed by atoms with Gasteiger partial charge in [-0.15, -0.1) is 0 Å². The van der Waals surface area contributed by atoms with E-state index in [9.17, 15) is 0 Å². The summed E-state index contributed by atoms with van der Waals surface area (Å²) in [5.74, 6) is 0.697. The molecule has 0 aliphatic rings. The van der Waals surface area contributed by atoms with E-state index < -0.39 is 0 Å². The molecule has 0 aromatic heterocycles. The van der Waals surface area contributed by atoms with E-state index in [1.165, 1.54) is 11.1 Å². The monoisotopic (exact) mass is 235 g/mol. The third-order valence-corrected chi connectivity index (χ3v) is 2.74. The zero-order chi connectivity index (χ0) is 12.7. The first-order valence-corrected chi connectivity index (χ1v) is 6.45. The summed E-state index contributed by atoms with van der Waals surface area (Å²) in [4.78, 5) is 0. The van der Waals surface area contributed by atoms with Crippen molar-refractivity contribution in [2.24, 2.45) is 5.92 Å². The Balaban J connectivity index is 2.36. The van der Waals surface area contributed by atoms with Gasteiger partial charge in [0.25, 0.3) is 0 Å². The van der Waals surface area contributed by atoms with Gasteiger partial charge in [0, 0.05) is 6.54 Å². The number of hydrogen-bond acceptors (Lipinski definition) is 2. The number of hydrogen-bond donors (Lipinski definition) is 1. The average molecular weight is 235 g/mol. The van der Waals surface area contributed by atoms with Crippen LogP contribution in [-0.2, 0) is 17.9 Å². The van der Waals surface area contributed by atoms with Crippen LogP contribution < -0.4 is 5.32 Å². The van der Waals surface area contributed by atoms with Crippen LogP contribution in [0.1, 0.15) is 38.3 Å². The normalized spacial score (nSPS) is 13.0. The molecule has 0 saturated heterocycles. The predicted molar refractivity (Wildman–Crippen MR) is 72.9 cm³/mol. The zero-order valence-electron chi connectivity index (χ0n) is 11.5. The van der Waals surface area contributed by atoms with E-state index in [1.54, 1.807) is 0 Å². The van der Waals surface area contributed by atoms with Crippen LogP contribution in [0.3, 0.4) is 0 Å². The fraction of sp³-hybridized carbons (Fsp3) is 0.600. The summed E-state index contributed by atoms with van der Waals surface area (Å²) in [6, 6.07) is 8.61. The van der Waals surface area contributed by atoms with E-state index >= 15 is 0 Å². The molecule has 2 heteroatoms. The highest BCUT2D eigenvalue weighted by Gasteiger charge is 2.05. The minimum atomic E-state index is 0.340. The van der Waals surface area contributed by atoms with Gasteiger partial charge < -0.3 is 10.1 Å². The molecule has 0 amide bonds. The molecule has 96 valence electrons. The van der Waals surface area contributed by atoms with Crippen molar-refractivity contribution in [3.05, 3.63) is 35.4 Å². The van der Waals surface area contributed by atoms with Gasteiger partial charge in [-0.3, -0.25) is 0 Å². The third-order valence-electron chi connectivity index (χ3n) is 2.74. The molecule has 0 fully saturated rings. The lowest BCUT2D eigenvalue weighted by Crippen LogP contribution is -2.11. The van der Waals surface area contributed by atoms with Gasteiger partial charge in [-0.05, 0) is 37.4 Å². The molecule has 0 spiro atoms. The van der Waals surface area contributed by atoms with Crippen LogP contribution in [0, 0.1) is 5.92 Å². The molecule has 1 aromatic carbocycles. The molecule has 1 rings (SSSR count). The maximum atomic E-state index is 5.82. The van der Waals surface area contributed by atoms with Crippen molar-refractivity contribution in [1.82, 2.24) is 5.32 Å². The molecule has 0 radical (unpaired) electrons. The van der Waals surface area contributed by atoms with Crippen molar-refractivity contribution in [3.8, 4) is 0 Å². The highest BCUT2D eigenvalue weighted by atomic mass is 16.5. The molecule has 0 aliphatic heterocycles. The fourth-order valence-electron chi connectivity index (χ4n) is 1.93. The second kappa shape index (κ2) is 7.46. The van der Waals surface area contributed by atoms with E-state index in [4.69, 9.17) is 4.74 Å². The molecule has 1 N–H and O–H groups in total. The number of ether oxygens (including phenoxy) is 1. The molecule has 0 aliphatic carbocycles. The first kappa shape index (κ1) is 14.2. The Morgan fingerprint density at radius 3 is 2.18 bits per heavy atom. The number of benzene rings is 1. The molecule has 2 nitrogen and oxygen atoms in total. The molecule has 1 aromatic rings. The van der Waals surface area contributed by atoms with E-state index in [2.05, 4.69) is 50.4 Å². The predicted octanol–water partition coefficient (Wildman–Crippen LogP) is 3.36. The molecular weight excluding hydrogens is 210 g/mol. The van der Waals surface area contributed by atoms with Gasteiger partial charge in [0.15, 0.2) is 0 Å². The summed E-state index contributed by atoms with van der Waals surface area (Å²) in [6.07, 6.45) is 1.46. The van der Waals surface area contributed by atoms with Crippen molar-refractivity contribution in [2.75, 3.05) is 7.05 Å². The molecular formula is C15H25NO. The first-order chi connectivity index (χ1) is 8.11. The molecule has 0 bridgehead atoms. The molecule has 1 unspecified atom stereocenters. The van der Waals surface area contributed by atoms with Crippen molar-refractivity contribution < 1.29 is 4.74 Å². The second-order valence-electron chi connectivity index (χ2n) is 5.10. The van der Waals surface area contributed by atoms with Crippen LogP contribution in [-0.4, -0.2) is 13.2 Å². The van der Waals surface area contributed by atoms with Gasteiger partial charge in [0.1, 0.15) is 0 Å². The first-order valence-electron chi connectivity index (χ1n) is 6.45. The van der Waals surface area contributed by atoms with Crippen LogP contribution in [0.4, 0.5) is 0 Å². The Labute approximate surface area is 105 Å². The Hall–Kier alpha value is -0.860. The Kier molecular flexibility index (Phi) is 6.23. The van der Waals surface area contributed by atoms with Gasteiger partial charge in [-0.25, -0.2) is 0 Å². The fourth-order valence-corrected chi connectivity index (χ4v) is 1.93. The van der Waals surface area contributed by atoms with Crippen LogP contribution in [0.25, 0.3) is 0 Å². The van der Waals surface area contributed by atoms with E-state index in [0.717, 1.165) is 13.0 Å². The van der Waals surface area contributed by atoms with Crippen LogP contribution in [0.2, 0.25) is 0 Å². The molecule has 17 heavy (non-hydrogen) atoms. The van der Waals surface area contributed by atoms with Crippen molar-refractivity contribution in [1.29, 1.82) is 0 Å². The maximum absolute atomic E-state index is 5.82. The summed E-state index contributed by atoms with van der Waals surface area (Å²) in [6.45, 7) is 8.24. The van der Waals surface area contributed by atoms with Gasteiger partial charge in [-0.1, -0.05) is 38.1 Å². The van der Waals surface area contributed by atoms with Gasteiger partial charge in [0.2, 0.25) is 0 Å². The summed E-state index contributed by atoms with van der Waals surface area (Å²) in [5, 5.41) is 3.14. The Morgan fingerprint density at radius 2 is 1.65 bits per heavy atom. The average Bonchev–Trinajstić information content (AvgIpc) is 2.28. The lowest BCUT2D eigenvalue weighted by molar-refractivity contribution is 0.0397. The highest BCUT2D eigenvalue weighted by molar-refractivity contribution is 5.21. The van der Waals surface area contributed by atoms with E-state index in [0.29, 0.717) is 18.6 Å². The van der Waals surface area contributed by atoms with Crippen molar-refractivity contribution >= 4 is 0 Å². The SMILES string of the molecule is CNCc1ccc(COC(C)CC(C)C)cc1. The van der Waals surface area contributed by atoms with Crippen LogP contribution in [0.5, 0.6) is 0 Å². The summed E-state index contributed by atoms with van der Waals surface area (Å²) >= 11 is 0. The van der Waals surface area contributed by atoms with Crippen LogP contribution >= 0.6 is 0 Å². The molecule has 1 atom stereocenters. The van der Waals surface area contributed by atoms with Crippen molar-refractivity contribution in [3.63, 3.8) is 0 Å². The van der Waals surface area contributed by atoms with E-state index in [-0.39, 0.29) is 0 Å². The number of nitrogens with one attached hydrogen (secondary N) is 1. The molecule has 0 saturated carbocycles. The Bertz CT molecular complexity index is 305. The van der Waals surface area contributed by atoms with Crippen LogP contribution in [0.15, 0.2) is 24.3 Å². The maximum Gasteiger partial charge on any atom is 0.0720 e. The smallest absolute Gasteiger partial charge is 0.0720 e. The molecule has 0 heterocycles. The quantitative estimate of drug-likeness (QED) is 0.782. The van der Waals surface area contributed by atoms with Gasteiger partial charge >= 0.3 is 0 Å². The zero-order valence-corrected chi connectivity index (χ0v) is 11.5. The number of rotatable bonds is 7. The highest BCUT2D eigenvalue weighted by Crippen LogP contribution is 2.11. The van der Waals surface area contributed by atoms with Gasteiger partial charge in [0.05, 0.1) is 12.7 Å². The largest absolute Gasteiger partial charge is 0.374 e.